The maximum Gasteiger partial charge on any atom is 0.412 e. The molecule has 0 aromatic heterocycles. The zero-order valence-corrected chi connectivity index (χ0v) is 17.9. The highest BCUT2D eigenvalue weighted by molar-refractivity contribution is 6.31. The third-order valence-corrected chi connectivity index (χ3v) is 5.80. The molecule has 0 aliphatic carbocycles. The van der Waals surface area contributed by atoms with E-state index in [4.69, 9.17) is 22.1 Å². The highest BCUT2D eigenvalue weighted by Crippen LogP contribution is 2.45. The summed E-state index contributed by atoms with van der Waals surface area (Å²) in [7, 11) is 0. The molecule has 2 heterocycles. The Hall–Kier alpha value is -2.42. The summed E-state index contributed by atoms with van der Waals surface area (Å²) in [5, 5.41) is 2.38. The number of halogens is 4. The third-order valence-electron chi connectivity index (χ3n) is 5.50. The SMILES string of the molecule is Cl.N[C@H](Cc1cccc(F)c1)C(=O)N1CCCC2(C1)OC(=O)Nc1ccc(Cl)c(F)c12. The molecule has 2 aromatic carbocycles. The molecule has 1 unspecified atom stereocenters. The Morgan fingerprint density at radius 3 is 2.84 bits per heavy atom. The van der Waals surface area contributed by atoms with E-state index in [9.17, 15) is 18.4 Å². The fourth-order valence-electron chi connectivity index (χ4n) is 4.20. The van der Waals surface area contributed by atoms with Crippen molar-refractivity contribution in [3.8, 4) is 0 Å². The van der Waals surface area contributed by atoms with Gasteiger partial charge in [-0.1, -0.05) is 23.7 Å². The Labute approximate surface area is 189 Å². The van der Waals surface area contributed by atoms with Crippen LogP contribution in [-0.4, -0.2) is 36.0 Å². The van der Waals surface area contributed by atoms with Crippen LogP contribution in [0.25, 0.3) is 0 Å². The lowest BCUT2D eigenvalue weighted by Gasteiger charge is -2.45. The Morgan fingerprint density at radius 2 is 2.10 bits per heavy atom. The minimum Gasteiger partial charge on any atom is -0.436 e. The van der Waals surface area contributed by atoms with Gasteiger partial charge < -0.3 is 15.4 Å². The number of piperidine rings is 1. The van der Waals surface area contributed by atoms with Gasteiger partial charge in [-0.2, -0.15) is 0 Å². The Kier molecular flexibility index (Phi) is 6.73. The molecule has 10 heteroatoms. The van der Waals surface area contributed by atoms with E-state index >= 15 is 0 Å². The van der Waals surface area contributed by atoms with Gasteiger partial charge in [-0.3, -0.25) is 10.1 Å². The number of nitrogens with one attached hydrogen (secondary N) is 1. The number of rotatable bonds is 3. The first kappa shape index (κ1) is 23.2. The summed E-state index contributed by atoms with van der Waals surface area (Å²) < 4.78 is 33.9. The zero-order chi connectivity index (χ0) is 21.5. The standard InChI is InChI=1S/C21H20ClF2N3O3.ClH/c22-14-5-6-16-17(18(14)24)21(30-20(29)26-16)7-2-8-27(11-21)19(28)15(25)10-12-3-1-4-13(23)9-12;/h1,3-6,9,15H,2,7-8,10-11,25H2,(H,26,29);1H/t15-,21?;/m1./s1. The van der Waals surface area contributed by atoms with Crippen molar-refractivity contribution in [1.29, 1.82) is 0 Å². The van der Waals surface area contributed by atoms with Crippen molar-refractivity contribution in [2.45, 2.75) is 30.9 Å². The molecule has 1 fully saturated rings. The molecule has 2 aliphatic heterocycles. The molecule has 31 heavy (non-hydrogen) atoms. The van der Waals surface area contributed by atoms with Crippen molar-refractivity contribution in [3.63, 3.8) is 0 Å². The van der Waals surface area contributed by atoms with Crippen LogP contribution in [0.2, 0.25) is 5.02 Å². The normalized spacial score (nSPS) is 20.9. The largest absolute Gasteiger partial charge is 0.436 e. The van der Waals surface area contributed by atoms with E-state index in [-0.39, 0.29) is 47.6 Å². The molecular formula is C21H21Cl2F2N3O3. The van der Waals surface area contributed by atoms with Gasteiger partial charge in [0.15, 0.2) is 11.4 Å². The van der Waals surface area contributed by atoms with Crippen molar-refractivity contribution in [2.75, 3.05) is 18.4 Å². The topological polar surface area (TPSA) is 84.7 Å². The average molecular weight is 472 g/mol. The second-order valence-electron chi connectivity index (χ2n) is 7.60. The lowest BCUT2D eigenvalue weighted by atomic mass is 9.82. The number of nitrogens with zero attached hydrogens (tertiary/aromatic N) is 1. The Balaban J connectivity index is 0.00000272. The second-order valence-corrected chi connectivity index (χ2v) is 8.00. The zero-order valence-electron chi connectivity index (χ0n) is 16.4. The van der Waals surface area contributed by atoms with Gasteiger partial charge in [-0.15, -0.1) is 12.4 Å². The predicted octanol–water partition coefficient (Wildman–Crippen LogP) is 3.99. The number of anilines is 1. The van der Waals surface area contributed by atoms with Gasteiger partial charge in [-0.05, 0) is 49.1 Å². The number of carbonyl (C=O) groups is 2. The molecule has 6 nitrogen and oxygen atoms in total. The van der Waals surface area contributed by atoms with Crippen molar-refractivity contribution in [3.05, 3.63) is 64.2 Å². The number of fused-ring (bicyclic) bond motifs is 2. The number of nitrogens with two attached hydrogens (primary N) is 1. The number of hydrogen-bond acceptors (Lipinski definition) is 4. The smallest absolute Gasteiger partial charge is 0.412 e. The van der Waals surface area contributed by atoms with Gasteiger partial charge in [-0.25, -0.2) is 13.6 Å². The summed E-state index contributed by atoms with van der Waals surface area (Å²) in [6, 6.07) is 7.84. The van der Waals surface area contributed by atoms with Crippen LogP contribution in [0.3, 0.4) is 0 Å². The summed E-state index contributed by atoms with van der Waals surface area (Å²) in [4.78, 5) is 26.6. The molecule has 0 saturated carbocycles. The van der Waals surface area contributed by atoms with Crippen LogP contribution in [0.5, 0.6) is 0 Å². The van der Waals surface area contributed by atoms with Crippen molar-refractivity contribution in [2.24, 2.45) is 5.73 Å². The number of ether oxygens (including phenoxy) is 1. The van der Waals surface area contributed by atoms with Gasteiger partial charge in [0, 0.05) is 6.54 Å². The Bertz CT molecular complexity index is 1020. The number of carbonyl (C=O) groups excluding carboxylic acids is 2. The summed E-state index contributed by atoms with van der Waals surface area (Å²) in [5.74, 6) is -1.47. The van der Waals surface area contributed by atoms with Gasteiger partial charge in [0.05, 0.1) is 28.9 Å². The number of hydrogen-bond donors (Lipinski definition) is 2. The number of likely N-dealkylation sites (tertiary alicyclic amines) is 1. The highest BCUT2D eigenvalue weighted by Gasteiger charge is 2.48. The fourth-order valence-corrected chi connectivity index (χ4v) is 4.36. The maximum atomic E-state index is 14.9. The van der Waals surface area contributed by atoms with Crippen LogP contribution >= 0.6 is 24.0 Å². The monoisotopic (exact) mass is 471 g/mol. The van der Waals surface area contributed by atoms with E-state index in [2.05, 4.69) is 5.32 Å². The highest BCUT2D eigenvalue weighted by atomic mass is 35.5. The first-order chi connectivity index (χ1) is 14.3. The second kappa shape index (κ2) is 8.98. The average Bonchev–Trinajstić information content (AvgIpc) is 2.70. The van der Waals surface area contributed by atoms with Crippen LogP contribution in [0.1, 0.15) is 24.0 Å². The fraction of sp³-hybridized carbons (Fsp3) is 0.333. The maximum absolute atomic E-state index is 14.9. The molecule has 3 N–H and O–H groups in total. The number of benzene rings is 2. The molecule has 2 aromatic rings. The molecule has 2 aliphatic rings. The minimum absolute atomic E-state index is 0. The van der Waals surface area contributed by atoms with Crippen molar-refractivity contribution < 1.29 is 23.1 Å². The van der Waals surface area contributed by atoms with Crippen LogP contribution in [0, 0.1) is 11.6 Å². The third kappa shape index (κ3) is 4.46. The summed E-state index contributed by atoms with van der Waals surface area (Å²) >= 11 is 5.96. The molecular weight excluding hydrogens is 451 g/mol. The van der Waals surface area contributed by atoms with Crippen LogP contribution < -0.4 is 11.1 Å². The lowest BCUT2D eigenvalue weighted by Crippen LogP contribution is -2.56. The molecule has 1 spiro atoms. The molecule has 4 rings (SSSR count). The van der Waals surface area contributed by atoms with Crippen LogP contribution in [-0.2, 0) is 21.6 Å². The van der Waals surface area contributed by atoms with E-state index in [0.29, 0.717) is 24.9 Å². The molecule has 2 amide bonds. The first-order valence-electron chi connectivity index (χ1n) is 9.56. The molecule has 0 radical (unpaired) electrons. The quantitative estimate of drug-likeness (QED) is 0.708. The Morgan fingerprint density at radius 1 is 1.32 bits per heavy atom. The summed E-state index contributed by atoms with van der Waals surface area (Å²) in [6.07, 6.45) is 0.255. The van der Waals surface area contributed by atoms with E-state index in [1.807, 2.05) is 0 Å². The summed E-state index contributed by atoms with van der Waals surface area (Å²) in [6.45, 7) is 0.348. The molecule has 166 valence electrons. The first-order valence-corrected chi connectivity index (χ1v) is 9.94. The van der Waals surface area contributed by atoms with Gasteiger partial charge in [0.1, 0.15) is 5.82 Å². The number of amides is 2. The van der Waals surface area contributed by atoms with Crippen molar-refractivity contribution in [1.82, 2.24) is 4.90 Å². The van der Waals surface area contributed by atoms with Crippen LogP contribution in [0.4, 0.5) is 19.3 Å². The van der Waals surface area contributed by atoms with E-state index < -0.39 is 29.4 Å². The predicted molar refractivity (Wildman–Crippen MR) is 114 cm³/mol. The van der Waals surface area contributed by atoms with Gasteiger partial charge in [0.25, 0.3) is 0 Å². The lowest BCUT2D eigenvalue weighted by molar-refractivity contribution is -0.140. The van der Waals surface area contributed by atoms with Crippen LogP contribution in [0.15, 0.2) is 36.4 Å². The molecule has 1 saturated heterocycles. The van der Waals surface area contributed by atoms with E-state index in [1.54, 1.807) is 12.1 Å². The minimum atomic E-state index is -1.35. The van der Waals surface area contributed by atoms with E-state index in [1.165, 1.54) is 29.2 Å². The van der Waals surface area contributed by atoms with Gasteiger partial charge in [0.2, 0.25) is 5.91 Å². The van der Waals surface area contributed by atoms with E-state index in [0.717, 1.165) is 0 Å². The molecule has 0 bridgehead atoms. The summed E-state index contributed by atoms with van der Waals surface area (Å²) in [5.41, 5.74) is 5.74. The van der Waals surface area contributed by atoms with Crippen molar-refractivity contribution >= 4 is 41.7 Å². The van der Waals surface area contributed by atoms with Gasteiger partial charge >= 0.3 is 6.09 Å². The molecule has 2 atom stereocenters.